The van der Waals surface area contributed by atoms with Crippen LogP contribution in [0.25, 0.3) is 0 Å². The molecule has 0 bridgehead atoms. The smallest absolute Gasteiger partial charge is 0.253 e. The van der Waals surface area contributed by atoms with E-state index in [1.165, 1.54) is 25.7 Å². The predicted octanol–water partition coefficient (Wildman–Crippen LogP) is 2.89. The number of benzene rings is 1. The minimum absolute atomic E-state index is 0.0464. The number of amides is 1. The largest absolute Gasteiger partial charge is 0.398 e. The fourth-order valence-electron chi connectivity index (χ4n) is 2.47. The van der Waals surface area contributed by atoms with E-state index in [4.69, 9.17) is 5.73 Å². The van der Waals surface area contributed by atoms with Crippen molar-refractivity contribution in [2.75, 3.05) is 12.3 Å². The Morgan fingerprint density at radius 2 is 2.17 bits per heavy atom. The number of nitrogens with two attached hydrogens (primary N) is 1. The van der Waals surface area contributed by atoms with Crippen LogP contribution in [0.3, 0.4) is 0 Å². The van der Waals surface area contributed by atoms with Gasteiger partial charge in [-0.15, -0.1) is 0 Å². The van der Waals surface area contributed by atoms with Crippen molar-refractivity contribution in [3.63, 3.8) is 0 Å². The van der Waals surface area contributed by atoms with Gasteiger partial charge in [-0.3, -0.25) is 4.79 Å². The van der Waals surface area contributed by atoms with E-state index in [2.05, 4.69) is 12.2 Å². The second-order valence-electron chi connectivity index (χ2n) is 5.52. The average molecular weight is 246 g/mol. The predicted molar refractivity (Wildman–Crippen MR) is 74.5 cm³/mol. The first-order chi connectivity index (χ1) is 8.56. The third-order valence-electron chi connectivity index (χ3n) is 3.81. The fourth-order valence-corrected chi connectivity index (χ4v) is 2.47. The molecule has 0 saturated heterocycles. The van der Waals surface area contributed by atoms with Crippen LogP contribution >= 0.6 is 0 Å². The van der Waals surface area contributed by atoms with Crippen LogP contribution in [0.5, 0.6) is 0 Å². The van der Waals surface area contributed by atoms with Gasteiger partial charge in [0.25, 0.3) is 5.91 Å². The molecule has 0 aliphatic heterocycles. The van der Waals surface area contributed by atoms with E-state index in [-0.39, 0.29) is 5.91 Å². The molecule has 1 aliphatic carbocycles. The summed E-state index contributed by atoms with van der Waals surface area (Å²) in [6.07, 6.45) is 4.87. The maximum atomic E-state index is 12.1. The van der Waals surface area contributed by atoms with Crippen LogP contribution in [0.1, 0.15) is 48.5 Å². The molecule has 1 aromatic rings. The van der Waals surface area contributed by atoms with Gasteiger partial charge in [0.1, 0.15) is 0 Å². The van der Waals surface area contributed by atoms with Gasteiger partial charge in [-0.05, 0) is 49.3 Å². The summed E-state index contributed by atoms with van der Waals surface area (Å²) in [5, 5.41) is 3.03. The minimum atomic E-state index is -0.0464. The molecule has 1 saturated carbocycles. The lowest BCUT2D eigenvalue weighted by molar-refractivity contribution is 0.0944. The van der Waals surface area contributed by atoms with Crippen molar-refractivity contribution in [3.8, 4) is 0 Å². The van der Waals surface area contributed by atoms with Crippen LogP contribution < -0.4 is 11.1 Å². The number of nitrogens with one attached hydrogen (secondary N) is 1. The van der Waals surface area contributed by atoms with Gasteiger partial charge >= 0.3 is 0 Å². The van der Waals surface area contributed by atoms with E-state index in [1.54, 1.807) is 6.07 Å². The van der Waals surface area contributed by atoms with Crippen LogP contribution in [-0.2, 0) is 0 Å². The van der Waals surface area contributed by atoms with Crippen molar-refractivity contribution in [1.29, 1.82) is 0 Å². The standard InChI is InChI=1S/C15H22N2O/c1-3-6-15(7-8-15)10-17-14(18)12-5-4-11(2)9-13(12)16/h4-5,9H,3,6-8,10,16H2,1-2H3,(H,17,18). The molecular formula is C15H22N2O. The molecule has 0 heterocycles. The first-order valence-electron chi connectivity index (χ1n) is 6.71. The van der Waals surface area contributed by atoms with Crippen molar-refractivity contribution in [1.82, 2.24) is 5.32 Å². The second kappa shape index (κ2) is 5.01. The molecule has 1 amide bonds. The van der Waals surface area contributed by atoms with Crippen molar-refractivity contribution < 1.29 is 4.79 Å². The number of nitrogen functional groups attached to an aromatic ring is 1. The normalized spacial score (nSPS) is 16.3. The Morgan fingerprint density at radius 3 is 2.72 bits per heavy atom. The molecule has 3 N–H and O–H groups in total. The summed E-state index contributed by atoms with van der Waals surface area (Å²) in [5.74, 6) is -0.0464. The molecule has 98 valence electrons. The summed E-state index contributed by atoms with van der Waals surface area (Å²) in [6, 6.07) is 5.57. The molecule has 0 spiro atoms. The van der Waals surface area contributed by atoms with Crippen LogP contribution in [0.15, 0.2) is 18.2 Å². The quantitative estimate of drug-likeness (QED) is 0.785. The van der Waals surface area contributed by atoms with Crippen molar-refractivity contribution in [2.45, 2.75) is 39.5 Å². The molecule has 3 heteroatoms. The summed E-state index contributed by atoms with van der Waals surface area (Å²) in [5.41, 5.74) is 8.48. The van der Waals surface area contributed by atoms with E-state index in [0.717, 1.165) is 12.1 Å². The van der Waals surface area contributed by atoms with Crippen LogP contribution in [-0.4, -0.2) is 12.5 Å². The van der Waals surface area contributed by atoms with Gasteiger partial charge in [0.15, 0.2) is 0 Å². The third kappa shape index (κ3) is 2.84. The molecule has 1 aromatic carbocycles. The number of aryl methyl sites for hydroxylation is 1. The van der Waals surface area contributed by atoms with Gasteiger partial charge in [-0.1, -0.05) is 19.4 Å². The van der Waals surface area contributed by atoms with Crippen molar-refractivity contribution in [2.24, 2.45) is 5.41 Å². The van der Waals surface area contributed by atoms with Gasteiger partial charge in [-0.2, -0.15) is 0 Å². The van der Waals surface area contributed by atoms with E-state index in [0.29, 0.717) is 16.7 Å². The zero-order chi connectivity index (χ0) is 13.2. The van der Waals surface area contributed by atoms with E-state index < -0.39 is 0 Å². The van der Waals surface area contributed by atoms with Gasteiger partial charge in [-0.25, -0.2) is 0 Å². The average Bonchev–Trinajstić information content (AvgIpc) is 3.07. The monoisotopic (exact) mass is 246 g/mol. The highest BCUT2D eigenvalue weighted by atomic mass is 16.1. The Bertz CT molecular complexity index is 450. The first-order valence-corrected chi connectivity index (χ1v) is 6.71. The number of rotatable bonds is 5. The molecule has 3 nitrogen and oxygen atoms in total. The highest BCUT2D eigenvalue weighted by Gasteiger charge is 2.41. The summed E-state index contributed by atoms with van der Waals surface area (Å²) in [4.78, 5) is 12.1. The summed E-state index contributed by atoms with van der Waals surface area (Å²) < 4.78 is 0. The number of hydrogen-bond acceptors (Lipinski definition) is 2. The van der Waals surface area contributed by atoms with E-state index >= 15 is 0 Å². The SMILES string of the molecule is CCCC1(CNC(=O)c2ccc(C)cc2N)CC1. The number of carbonyl (C=O) groups is 1. The number of hydrogen-bond donors (Lipinski definition) is 2. The number of anilines is 1. The van der Waals surface area contributed by atoms with Gasteiger partial charge < -0.3 is 11.1 Å². The summed E-state index contributed by atoms with van der Waals surface area (Å²) >= 11 is 0. The Hall–Kier alpha value is -1.51. The Morgan fingerprint density at radius 1 is 1.44 bits per heavy atom. The van der Waals surface area contributed by atoms with Gasteiger partial charge in [0.2, 0.25) is 0 Å². The lowest BCUT2D eigenvalue weighted by Crippen LogP contribution is -2.30. The van der Waals surface area contributed by atoms with Crippen molar-refractivity contribution >= 4 is 11.6 Å². The zero-order valence-electron chi connectivity index (χ0n) is 11.3. The molecule has 18 heavy (non-hydrogen) atoms. The second-order valence-corrected chi connectivity index (χ2v) is 5.52. The summed E-state index contributed by atoms with van der Waals surface area (Å²) in [6.45, 7) is 4.95. The van der Waals surface area contributed by atoms with Gasteiger partial charge in [0.05, 0.1) is 5.56 Å². The van der Waals surface area contributed by atoms with Crippen molar-refractivity contribution in [3.05, 3.63) is 29.3 Å². The number of carbonyl (C=O) groups excluding carboxylic acids is 1. The summed E-state index contributed by atoms with van der Waals surface area (Å²) in [7, 11) is 0. The molecule has 0 unspecified atom stereocenters. The molecule has 1 fully saturated rings. The highest BCUT2D eigenvalue weighted by molar-refractivity contribution is 5.99. The maximum absolute atomic E-state index is 12.1. The highest BCUT2D eigenvalue weighted by Crippen LogP contribution is 2.48. The lowest BCUT2D eigenvalue weighted by Gasteiger charge is -2.15. The maximum Gasteiger partial charge on any atom is 0.253 e. The fraction of sp³-hybridized carbons (Fsp3) is 0.533. The molecule has 0 aromatic heterocycles. The zero-order valence-corrected chi connectivity index (χ0v) is 11.3. The molecule has 1 aliphatic rings. The first kappa shape index (κ1) is 12.9. The Balaban J connectivity index is 1.96. The topological polar surface area (TPSA) is 55.1 Å². The minimum Gasteiger partial charge on any atom is -0.398 e. The molecule has 0 radical (unpaired) electrons. The van der Waals surface area contributed by atoms with Crippen LogP contribution in [0.2, 0.25) is 0 Å². The third-order valence-corrected chi connectivity index (χ3v) is 3.81. The molecule has 0 atom stereocenters. The lowest BCUT2D eigenvalue weighted by atomic mass is 10.0. The van der Waals surface area contributed by atoms with E-state index in [1.807, 2.05) is 19.1 Å². The van der Waals surface area contributed by atoms with E-state index in [9.17, 15) is 4.79 Å². The Labute approximate surface area is 109 Å². The molecule has 2 rings (SSSR count). The Kier molecular flexibility index (Phi) is 3.60. The van der Waals surface area contributed by atoms with Gasteiger partial charge in [0, 0.05) is 12.2 Å². The van der Waals surface area contributed by atoms with Crippen LogP contribution in [0, 0.1) is 12.3 Å². The molecular weight excluding hydrogens is 224 g/mol. The van der Waals surface area contributed by atoms with Crippen LogP contribution in [0.4, 0.5) is 5.69 Å².